The van der Waals surface area contributed by atoms with E-state index in [4.69, 9.17) is 11.6 Å². The van der Waals surface area contributed by atoms with E-state index in [2.05, 4.69) is 10.3 Å². The van der Waals surface area contributed by atoms with Gasteiger partial charge in [0.1, 0.15) is 5.69 Å². The molecule has 23 heavy (non-hydrogen) atoms. The number of hydrogen-bond acceptors (Lipinski definition) is 2. The van der Waals surface area contributed by atoms with Gasteiger partial charge in [0.05, 0.1) is 11.6 Å². The van der Waals surface area contributed by atoms with Crippen LogP contribution in [0.5, 0.6) is 0 Å². The minimum absolute atomic E-state index is 0.0306. The molecule has 114 valence electrons. The molecule has 0 bridgehead atoms. The second-order valence-electron chi connectivity index (χ2n) is 5.80. The molecule has 0 aliphatic heterocycles. The van der Waals surface area contributed by atoms with Crippen molar-refractivity contribution in [2.24, 2.45) is 0 Å². The Bertz CT molecular complexity index is 907. The van der Waals surface area contributed by atoms with Gasteiger partial charge in [0.15, 0.2) is 0 Å². The largest absolute Gasteiger partial charge is 0.344 e. The van der Waals surface area contributed by atoms with Crippen molar-refractivity contribution in [1.29, 1.82) is 0 Å². The summed E-state index contributed by atoms with van der Waals surface area (Å²) in [7, 11) is 0. The molecule has 0 fully saturated rings. The standard InChI is InChI=1S/C19H15ClN2O/c20-14-7-8-15-13(11-14)6-9-17(15)22-19(23)18-10-5-12-3-1-2-4-16(12)21-18/h1-5,7-8,10-11,17H,6,9H2,(H,22,23)/t17-/m0/s1. The maximum absolute atomic E-state index is 12.5. The van der Waals surface area contributed by atoms with Crippen molar-refractivity contribution in [3.05, 3.63) is 76.4 Å². The summed E-state index contributed by atoms with van der Waals surface area (Å²) < 4.78 is 0. The normalized spacial score (nSPS) is 16.3. The fourth-order valence-corrected chi connectivity index (χ4v) is 3.36. The summed E-state index contributed by atoms with van der Waals surface area (Å²) in [5, 5.41) is 4.87. The van der Waals surface area contributed by atoms with Gasteiger partial charge in [-0.2, -0.15) is 0 Å². The summed E-state index contributed by atoms with van der Waals surface area (Å²) in [6.07, 6.45) is 1.83. The summed E-state index contributed by atoms with van der Waals surface area (Å²) in [5.74, 6) is -0.136. The van der Waals surface area contributed by atoms with Crippen LogP contribution in [0.3, 0.4) is 0 Å². The summed E-state index contributed by atoms with van der Waals surface area (Å²) in [4.78, 5) is 17.0. The van der Waals surface area contributed by atoms with Crippen LogP contribution in [0.4, 0.5) is 0 Å². The Hall–Kier alpha value is -2.39. The summed E-state index contributed by atoms with van der Waals surface area (Å²) in [5.41, 5.74) is 3.66. The number of halogens is 1. The minimum Gasteiger partial charge on any atom is -0.344 e. The molecule has 0 unspecified atom stereocenters. The fraction of sp³-hybridized carbons (Fsp3) is 0.158. The lowest BCUT2D eigenvalue weighted by Gasteiger charge is -2.14. The molecule has 4 rings (SSSR count). The van der Waals surface area contributed by atoms with E-state index in [9.17, 15) is 4.79 Å². The van der Waals surface area contributed by atoms with Crippen molar-refractivity contribution in [2.45, 2.75) is 18.9 Å². The average Bonchev–Trinajstić information content (AvgIpc) is 2.96. The van der Waals surface area contributed by atoms with Gasteiger partial charge in [-0.25, -0.2) is 4.98 Å². The van der Waals surface area contributed by atoms with Crippen LogP contribution in [-0.4, -0.2) is 10.9 Å². The first-order valence-corrected chi connectivity index (χ1v) is 8.03. The van der Waals surface area contributed by atoms with E-state index in [0.29, 0.717) is 5.69 Å². The molecule has 4 heteroatoms. The van der Waals surface area contributed by atoms with Crippen LogP contribution in [0.15, 0.2) is 54.6 Å². The highest BCUT2D eigenvalue weighted by atomic mass is 35.5. The van der Waals surface area contributed by atoms with Gasteiger partial charge in [-0.05, 0) is 48.2 Å². The highest BCUT2D eigenvalue weighted by molar-refractivity contribution is 6.30. The molecule has 0 saturated carbocycles. The van der Waals surface area contributed by atoms with E-state index in [-0.39, 0.29) is 11.9 Å². The Morgan fingerprint density at radius 3 is 2.91 bits per heavy atom. The van der Waals surface area contributed by atoms with Gasteiger partial charge in [-0.3, -0.25) is 4.79 Å². The summed E-state index contributed by atoms with van der Waals surface area (Å²) in [6, 6.07) is 17.4. The smallest absolute Gasteiger partial charge is 0.270 e. The van der Waals surface area contributed by atoms with Gasteiger partial charge in [0.25, 0.3) is 5.91 Å². The molecule has 1 aliphatic rings. The third-order valence-electron chi connectivity index (χ3n) is 4.32. The van der Waals surface area contributed by atoms with Gasteiger partial charge in [-0.15, -0.1) is 0 Å². The number of fused-ring (bicyclic) bond motifs is 2. The van der Waals surface area contributed by atoms with Gasteiger partial charge >= 0.3 is 0 Å². The number of amides is 1. The molecule has 1 atom stereocenters. The Balaban J connectivity index is 1.58. The monoisotopic (exact) mass is 322 g/mol. The van der Waals surface area contributed by atoms with Crippen LogP contribution < -0.4 is 5.32 Å². The number of nitrogens with one attached hydrogen (secondary N) is 1. The summed E-state index contributed by atoms with van der Waals surface area (Å²) >= 11 is 6.03. The zero-order chi connectivity index (χ0) is 15.8. The molecule has 3 nitrogen and oxygen atoms in total. The van der Waals surface area contributed by atoms with Crippen molar-refractivity contribution in [1.82, 2.24) is 10.3 Å². The number of benzene rings is 2. The maximum Gasteiger partial charge on any atom is 0.270 e. The number of carbonyl (C=O) groups is 1. The molecule has 3 aromatic rings. The molecule has 0 radical (unpaired) electrons. The van der Waals surface area contributed by atoms with Crippen LogP contribution in [0.1, 0.15) is 34.1 Å². The zero-order valence-electron chi connectivity index (χ0n) is 12.4. The summed E-state index contributed by atoms with van der Waals surface area (Å²) in [6.45, 7) is 0. The fourth-order valence-electron chi connectivity index (χ4n) is 3.16. The van der Waals surface area contributed by atoms with Crippen LogP contribution in [0, 0.1) is 0 Å². The third-order valence-corrected chi connectivity index (χ3v) is 4.55. The number of rotatable bonds is 2. The number of carbonyl (C=O) groups excluding carboxylic acids is 1. The van der Waals surface area contributed by atoms with Crippen molar-refractivity contribution < 1.29 is 4.79 Å². The second-order valence-corrected chi connectivity index (χ2v) is 6.23. The van der Waals surface area contributed by atoms with E-state index >= 15 is 0 Å². The first-order valence-electron chi connectivity index (χ1n) is 7.66. The molecule has 2 aromatic carbocycles. The number of para-hydroxylation sites is 1. The second kappa shape index (κ2) is 5.67. The van der Waals surface area contributed by atoms with Crippen molar-refractivity contribution in [3.63, 3.8) is 0 Å². The van der Waals surface area contributed by atoms with Crippen LogP contribution in [0.25, 0.3) is 10.9 Å². The molecular formula is C19H15ClN2O. The average molecular weight is 323 g/mol. The molecule has 0 saturated heterocycles. The molecular weight excluding hydrogens is 308 g/mol. The number of aryl methyl sites for hydroxylation is 1. The minimum atomic E-state index is -0.136. The Labute approximate surface area is 139 Å². The van der Waals surface area contributed by atoms with Crippen molar-refractivity contribution in [2.75, 3.05) is 0 Å². The predicted octanol–water partition coefficient (Wildman–Crippen LogP) is 4.31. The van der Waals surface area contributed by atoms with Crippen LogP contribution >= 0.6 is 11.6 Å². The van der Waals surface area contributed by atoms with Crippen LogP contribution in [0.2, 0.25) is 5.02 Å². The highest BCUT2D eigenvalue weighted by Gasteiger charge is 2.24. The van der Waals surface area contributed by atoms with Gasteiger partial charge < -0.3 is 5.32 Å². The van der Waals surface area contributed by atoms with Gasteiger partial charge in [0, 0.05) is 10.4 Å². The van der Waals surface area contributed by atoms with Gasteiger partial charge in [-0.1, -0.05) is 41.9 Å². The van der Waals surface area contributed by atoms with Crippen molar-refractivity contribution >= 4 is 28.4 Å². The van der Waals surface area contributed by atoms with E-state index in [1.165, 1.54) is 5.56 Å². The predicted molar refractivity (Wildman–Crippen MR) is 91.7 cm³/mol. The first kappa shape index (κ1) is 14.2. The lowest BCUT2D eigenvalue weighted by atomic mass is 10.1. The maximum atomic E-state index is 12.5. The number of hydrogen-bond donors (Lipinski definition) is 1. The number of pyridine rings is 1. The first-order chi connectivity index (χ1) is 11.2. The molecule has 1 aliphatic carbocycles. The Morgan fingerprint density at radius 1 is 1.13 bits per heavy atom. The van der Waals surface area contributed by atoms with Crippen LogP contribution in [-0.2, 0) is 6.42 Å². The zero-order valence-corrected chi connectivity index (χ0v) is 13.2. The Kier molecular flexibility index (Phi) is 3.50. The Morgan fingerprint density at radius 2 is 2.00 bits per heavy atom. The SMILES string of the molecule is O=C(N[C@H]1CCc2cc(Cl)ccc21)c1ccc2ccccc2n1. The lowest BCUT2D eigenvalue weighted by Crippen LogP contribution is -2.27. The third kappa shape index (κ3) is 2.68. The molecule has 0 spiro atoms. The molecule has 1 aromatic heterocycles. The molecule has 1 heterocycles. The quantitative estimate of drug-likeness (QED) is 0.764. The highest BCUT2D eigenvalue weighted by Crippen LogP contribution is 2.33. The van der Waals surface area contributed by atoms with E-state index in [1.54, 1.807) is 6.07 Å². The number of aromatic nitrogens is 1. The molecule has 1 N–H and O–H groups in total. The topological polar surface area (TPSA) is 42.0 Å². The van der Waals surface area contributed by atoms with E-state index in [1.807, 2.05) is 48.5 Å². The lowest BCUT2D eigenvalue weighted by molar-refractivity contribution is 0.0932. The number of nitrogens with zero attached hydrogens (tertiary/aromatic N) is 1. The van der Waals surface area contributed by atoms with E-state index in [0.717, 1.165) is 34.3 Å². The van der Waals surface area contributed by atoms with E-state index < -0.39 is 0 Å². The van der Waals surface area contributed by atoms with Gasteiger partial charge in [0.2, 0.25) is 0 Å². The van der Waals surface area contributed by atoms with Crippen molar-refractivity contribution in [3.8, 4) is 0 Å². The molecule has 1 amide bonds.